The Balaban J connectivity index is 1.79. The van der Waals surface area contributed by atoms with E-state index in [0.717, 1.165) is 29.4 Å². The highest BCUT2D eigenvalue weighted by atomic mass is 32.1. The largest absolute Gasteiger partial charge is 0.311 e. The maximum absolute atomic E-state index is 13.4. The molecule has 0 unspecified atom stereocenters. The van der Waals surface area contributed by atoms with Crippen LogP contribution in [0.4, 0.5) is 4.39 Å². The van der Waals surface area contributed by atoms with Crippen LogP contribution in [0.1, 0.15) is 37.0 Å². The smallest absolute Gasteiger partial charge is 0.126 e. The molecule has 0 spiro atoms. The molecule has 4 heteroatoms. The van der Waals surface area contributed by atoms with Crippen molar-refractivity contribution in [1.29, 1.82) is 0 Å². The summed E-state index contributed by atoms with van der Waals surface area (Å²) >= 11 is 1.70. The van der Waals surface area contributed by atoms with Crippen LogP contribution < -0.4 is 5.32 Å². The number of hydrogen-bond acceptors (Lipinski definition) is 3. The number of aromatic nitrogens is 1. The Hall–Kier alpha value is -1.26. The van der Waals surface area contributed by atoms with Crippen molar-refractivity contribution in [1.82, 2.24) is 10.3 Å². The van der Waals surface area contributed by atoms with Gasteiger partial charge in [-0.05, 0) is 24.6 Å². The van der Waals surface area contributed by atoms with Gasteiger partial charge < -0.3 is 5.32 Å². The summed E-state index contributed by atoms with van der Waals surface area (Å²) in [5, 5.41) is 6.57. The molecule has 0 radical (unpaired) electrons. The highest BCUT2D eigenvalue weighted by molar-refractivity contribution is 7.09. The lowest BCUT2D eigenvalue weighted by atomic mass is 9.98. The van der Waals surface area contributed by atoms with Crippen LogP contribution in [0.15, 0.2) is 29.6 Å². The maximum Gasteiger partial charge on any atom is 0.126 e. The van der Waals surface area contributed by atoms with Crippen LogP contribution in [0.2, 0.25) is 0 Å². The van der Waals surface area contributed by atoms with Gasteiger partial charge in [0.2, 0.25) is 0 Å². The third kappa shape index (κ3) is 4.12. The lowest BCUT2D eigenvalue weighted by Crippen LogP contribution is -2.18. The second-order valence-corrected chi connectivity index (χ2v) is 6.77. The average Bonchev–Trinajstić information content (AvgIpc) is 2.85. The molecule has 0 saturated carbocycles. The van der Waals surface area contributed by atoms with Crippen molar-refractivity contribution in [3.63, 3.8) is 0 Å². The van der Waals surface area contributed by atoms with E-state index in [0.29, 0.717) is 6.42 Å². The molecule has 2 aromatic rings. The first kappa shape index (κ1) is 15.1. The Kier molecular flexibility index (Phi) is 4.89. The molecule has 20 heavy (non-hydrogen) atoms. The van der Waals surface area contributed by atoms with Crippen molar-refractivity contribution in [2.75, 3.05) is 6.54 Å². The zero-order valence-corrected chi connectivity index (χ0v) is 13.1. The zero-order chi connectivity index (χ0) is 14.6. The minimum Gasteiger partial charge on any atom is -0.311 e. The van der Waals surface area contributed by atoms with Gasteiger partial charge in [0, 0.05) is 17.3 Å². The molecule has 0 atom stereocenters. The van der Waals surface area contributed by atoms with Gasteiger partial charge in [-0.1, -0.05) is 39.0 Å². The van der Waals surface area contributed by atoms with E-state index < -0.39 is 0 Å². The van der Waals surface area contributed by atoms with E-state index in [4.69, 9.17) is 0 Å². The van der Waals surface area contributed by atoms with E-state index in [1.54, 1.807) is 17.4 Å². The molecule has 0 aliphatic carbocycles. The minimum absolute atomic E-state index is 0.107. The van der Waals surface area contributed by atoms with E-state index in [1.165, 1.54) is 6.07 Å². The van der Waals surface area contributed by atoms with Gasteiger partial charge in [0.15, 0.2) is 0 Å². The van der Waals surface area contributed by atoms with E-state index >= 15 is 0 Å². The van der Waals surface area contributed by atoms with Crippen LogP contribution in [-0.4, -0.2) is 11.5 Å². The fourth-order valence-electron chi connectivity index (χ4n) is 1.87. The highest BCUT2D eigenvalue weighted by Gasteiger charge is 2.17. The lowest BCUT2D eigenvalue weighted by Gasteiger charge is -2.13. The summed E-state index contributed by atoms with van der Waals surface area (Å²) in [6.07, 6.45) is 0.697. The van der Waals surface area contributed by atoms with E-state index in [9.17, 15) is 4.39 Å². The first-order chi connectivity index (χ1) is 9.47. The topological polar surface area (TPSA) is 24.9 Å². The van der Waals surface area contributed by atoms with Crippen molar-refractivity contribution in [2.45, 2.75) is 39.2 Å². The summed E-state index contributed by atoms with van der Waals surface area (Å²) in [5.74, 6) is -0.127. The van der Waals surface area contributed by atoms with Gasteiger partial charge in [0.05, 0.1) is 10.7 Å². The van der Waals surface area contributed by atoms with E-state index in [-0.39, 0.29) is 11.2 Å². The number of halogens is 1. The Morgan fingerprint density at radius 1 is 1.25 bits per heavy atom. The van der Waals surface area contributed by atoms with Crippen molar-refractivity contribution < 1.29 is 4.39 Å². The number of hydrogen-bond donors (Lipinski definition) is 1. The summed E-state index contributed by atoms with van der Waals surface area (Å²) in [4.78, 5) is 4.63. The average molecular weight is 292 g/mol. The monoisotopic (exact) mass is 292 g/mol. The predicted molar refractivity (Wildman–Crippen MR) is 82.6 cm³/mol. The molecular formula is C16H21FN2S. The summed E-state index contributed by atoms with van der Waals surface area (Å²) in [6, 6.07) is 6.92. The summed E-state index contributed by atoms with van der Waals surface area (Å²) in [7, 11) is 0. The van der Waals surface area contributed by atoms with E-state index in [2.05, 4.69) is 36.5 Å². The molecule has 1 aromatic carbocycles. The number of nitrogens with zero attached hydrogens (tertiary/aromatic N) is 1. The van der Waals surface area contributed by atoms with Gasteiger partial charge in [-0.3, -0.25) is 0 Å². The molecule has 1 N–H and O–H groups in total. The van der Waals surface area contributed by atoms with Gasteiger partial charge in [-0.2, -0.15) is 0 Å². The van der Waals surface area contributed by atoms with Gasteiger partial charge in [-0.15, -0.1) is 11.3 Å². The van der Waals surface area contributed by atoms with Crippen LogP contribution in [0, 0.1) is 5.82 Å². The Bertz CT molecular complexity index is 558. The third-order valence-corrected chi connectivity index (χ3v) is 4.35. The summed E-state index contributed by atoms with van der Waals surface area (Å²) in [6.45, 7) is 7.99. The second kappa shape index (κ2) is 6.46. The quantitative estimate of drug-likeness (QED) is 0.845. The molecule has 0 bridgehead atoms. The van der Waals surface area contributed by atoms with E-state index in [1.807, 2.05) is 12.1 Å². The predicted octanol–water partition coefficient (Wildman–Crippen LogP) is 3.91. The molecule has 0 saturated heterocycles. The molecule has 1 aromatic heterocycles. The van der Waals surface area contributed by atoms with Gasteiger partial charge >= 0.3 is 0 Å². The highest BCUT2D eigenvalue weighted by Crippen LogP contribution is 2.25. The molecule has 2 rings (SSSR count). The molecule has 2 nitrogen and oxygen atoms in total. The Morgan fingerprint density at radius 3 is 2.65 bits per heavy atom. The molecule has 0 amide bonds. The van der Waals surface area contributed by atoms with Crippen molar-refractivity contribution >= 4 is 11.3 Å². The number of thiazole rings is 1. The van der Waals surface area contributed by atoms with Gasteiger partial charge in [0.25, 0.3) is 0 Å². The maximum atomic E-state index is 13.4. The van der Waals surface area contributed by atoms with Crippen molar-refractivity contribution in [3.8, 4) is 0 Å². The fraction of sp³-hybridized carbons (Fsp3) is 0.438. The Labute approximate surface area is 124 Å². The first-order valence-electron chi connectivity index (χ1n) is 6.86. The molecular weight excluding hydrogens is 271 g/mol. The molecule has 0 fully saturated rings. The fourth-order valence-corrected chi connectivity index (χ4v) is 2.78. The summed E-state index contributed by atoms with van der Waals surface area (Å²) < 4.78 is 13.4. The van der Waals surface area contributed by atoms with Gasteiger partial charge in [-0.25, -0.2) is 9.37 Å². The SMILES string of the molecule is CC(C)(C)c1nc(CNCCc2ccccc2F)cs1. The zero-order valence-electron chi connectivity index (χ0n) is 12.2. The van der Waals surface area contributed by atoms with Crippen LogP contribution >= 0.6 is 11.3 Å². The normalized spacial score (nSPS) is 11.8. The lowest BCUT2D eigenvalue weighted by molar-refractivity contribution is 0.577. The molecule has 108 valence electrons. The second-order valence-electron chi connectivity index (χ2n) is 5.91. The van der Waals surface area contributed by atoms with Gasteiger partial charge in [0.1, 0.15) is 5.82 Å². The molecule has 1 heterocycles. The van der Waals surface area contributed by atoms with Crippen LogP contribution in [0.5, 0.6) is 0 Å². The molecule has 0 aliphatic heterocycles. The number of nitrogens with one attached hydrogen (secondary N) is 1. The van der Waals surface area contributed by atoms with Crippen LogP contribution in [0.25, 0.3) is 0 Å². The van der Waals surface area contributed by atoms with Crippen molar-refractivity contribution in [3.05, 3.63) is 51.7 Å². The van der Waals surface area contributed by atoms with Crippen molar-refractivity contribution in [2.24, 2.45) is 0 Å². The minimum atomic E-state index is -0.127. The number of benzene rings is 1. The first-order valence-corrected chi connectivity index (χ1v) is 7.74. The Morgan fingerprint density at radius 2 is 2.00 bits per heavy atom. The standard InChI is InChI=1S/C16H21FN2S/c1-16(2,3)15-19-13(11-20-15)10-18-9-8-12-6-4-5-7-14(12)17/h4-7,11,18H,8-10H2,1-3H3. The molecule has 0 aliphatic rings. The third-order valence-electron chi connectivity index (χ3n) is 3.03. The van der Waals surface area contributed by atoms with Crippen LogP contribution in [0.3, 0.4) is 0 Å². The summed E-state index contributed by atoms with van der Waals surface area (Å²) in [5.41, 5.74) is 1.93. The van der Waals surface area contributed by atoms with Crippen LogP contribution in [-0.2, 0) is 18.4 Å². The number of rotatable bonds is 5.